The van der Waals surface area contributed by atoms with Crippen molar-refractivity contribution in [3.05, 3.63) is 54.5 Å². The van der Waals surface area contributed by atoms with Crippen LogP contribution in [0.3, 0.4) is 0 Å². The van der Waals surface area contributed by atoms with Crippen LogP contribution < -0.4 is 10.2 Å². The van der Waals surface area contributed by atoms with Crippen molar-refractivity contribution in [2.24, 2.45) is 5.92 Å². The third-order valence-corrected chi connectivity index (χ3v) is 5.58. The molecule has 1 fully saturated rings. The summed E-state index contributed by atoms with van der Waals surface area (Å²) >= 11 is 1.33. The molecule has 0 unspecified atom stereocenters. The molecule has 0 radical (unpaired) electrons. The summed E-state index contributed by atoms with van der Waals surface area (Å²) in [6.45, 7) is 3.55. The fraction of sp³-hybridized carbons (Fsp3) is 0.300. The van der Waals surface area contributed by atoms with E-state index in [1.807, 2.05) is 49.4 Å². The van der Waals surface area contributed by atoms with E-state index in [9.17, 15) is 4.79 Å². The molecule has 138 valence electrons. The van der Waals surface area contributed by atoms with Crippen LogP contribution >= 0.6 is 11.5 Å². The van der Waals surface area contributed by atoms with Crippen LogP contribution in [-0.2, 0) is 4.79 Å². The lowest BCUT2D eigenvalue weighted by Crippen LogP contribution is -2.38. The molecule has 1 aliphatic heterocycles. The normalized spacial score (nSPS) is 14.9. The Kier molecular flexibility index (Phi) is 5.11. The number of benzene rings is 1. The number of anilines is 2. The molecule has 0 bridgehead atoms. The Morgan fingerprint density at radius 1 is 1.15 bits per heavy atom. The quantitative estimate of drug-likeness (QED) is 0.747. The number of amides is 1. The van der Waals surface area contributed by atoms with E-state index in [1.165, 1.54) is 11.5 Å². The minimum absolute atomic E-state index is 0.0269. The molecular formula is C20H21N5OS. The van der Waals surface area contributed by atoms with Gasteiger partial charge in [0, 0.05) is 30.6 Å². The summed E-state index contributed by atoms with van der Waals surface area (Å²) in [7, 11) is 0. The Bertz CT molecular complexity index is 919. The lowest BCUT2D eigenvalue weighted by Gasteiger charge is -2.32. The maximum atomic E-state index is 12.5. The highest BCUT2D eigenvalue weighted by Gasteiger charge is 2.26. The number of carbonyl (C=O) groups excluding carboxylic acids is 1. The predicted molar refractivity (Wildman–Crippen MR) is 108 cm³/mol. The average Bonchev–Trinajstić information content (AvgIpc) is 3.13. The van der Waals surface area contributed by atoms with Gasteiger partial charge in [-0.25, -0.2) is 9.97 Å². The Hall–Kier alpha value is -2.80. The summed E-state index contributed by atoms with van der Waals surface area (Å²) in [5.41, 5.74) is 2.93. The van der Waals surface area contributed by atoms with Crippen LogP contribution in [0.25, 0.3) is 11.3 Å². The van der Waals surface area contributed by atoms with Crippen molar-refractivity contribution in [3.8, 4) is 11.3 Å². The standard InChI is InChI=1S/C20H21N5OS/c1-14-11-19(27-24-14)23-20(26)16-7-9-25(10-8-16)18-12-17(21-13-22-18)15-5-3-2-4-6-15/h2-6,11-13,16H,7-10H2,1H3,(H,23,26). The smallest absolute Gasteiger partial charge is 0.228 e. The van der Waals surface area contributed by atoms with Crippen LogP contribution in [0.1, 0.15) is 18.5 Å². The van der Waals surface area contributed by atoms with E-state index in [-0.39, 0.29) is 11.8 Å². The van der Waals surface area contributed by atoms with Gasteiger partial charge in [0.1, 0.15) is 17.1 Å². The van der Waals surface area contributed by atoms with Gasteiger partial charge >= 0.3 is 0 Å². The molecule has 1 saturated heterocycles. The molecule has 1 N–H and O–H groups in total. The van der Waals surface area contributed by atoms with Gasteiger partial charge in [0.05, 0.1) is 11.4 Å². The molecule has 7 heteroatoms. The number of hydrogen-bond acceptors (Lipinski definition) is 6. The second kappa shape index (κ2) is 7.84. The van der Waals surface area contributed by atoms with Gasteiger partial charge in [-0.05, 0) is 37.4 Å². The highest BCUT2D eigenvalue weighted by atomic mass is 32.1. The minimum atomic E-state index is 0.0269. The molecule has 3 aromatic rings. The average molecular weight is 379 g/mol. The van der Waals surface area contributed by atoms with E-state index < -0.39 is 0 Å². The number of aromatic nitrogens is 3. The van der Waals surface area contributed by atoms with Gasteiger partial charge in [-0.2, -0.15) is 4.37 Å². The van der Waals surface area contributed by atoms with Crippen molar-refractivity contribution in [1.82, 2.24) is 14.3 Å². The fourth-order valence-corrected chi connectivity index (χ4v) is 3.97. The van der Waals surface area contributed by atoms with Crippen LogP contribution in [-0.4, -0.2) is 33.3 Å². The topological polar surface area (TPSA) is 71.0 Å². The highest BCUT2D eigenvalue weighted by Crippen LogP contribution is 2.26. The number of piperidine rings is 1. The Morgan fingerprint density at radius 2 is 1.93 bits per heavy atom. The zero-order valence-electron chi connectivity index (χ0n) is 15.1. The second-order valence-corrected chi connectivity index (χ2v) is 7.52. The third kappa shape index (κ3) is 4.14. The highest BCUT2D eigenvalue weighted by molar-refractivity contribution is 7.10. The Morgan fingerprint density at radius 3 is 2.63 bits per heavy atom. The van der Waals surface area contributed by atoms with Gasteiger partial charge in [-0.15, -0.1) is 0 Å². The van der Waals surface area contributed by atoms with E-state index in [1.54, 1.807) is 6.33 Å². The van der Waals surface area contributed by atoms with E-state index >= 15 is 0 Å². The first-order chi connectivity index (χ1) is 13.2. The van der Waals surface area contributed by atoms with Gasteiger partial charge in [0.2, 0.25) is 5.91 Å². The van der Waals surface area contributed by atoms with E-state index in [0.29, 0.717) is 0 Å². The molecule has 4 rings (SSSR count). The molecule has 3 heterocycles. The first-order valence-corrected chi connectivity index (χ1v) is 9.83. The Balaban J connectivity index is 1.38. The van der Waals surface area contributed by atoms with Crippen molar-refractivity contribution in [2.45, 2.75) is 19.8 Å². The maximum Gasteiger partial charge on any atom is 0.228 e. The zero-order chi connectivity index (χ0) is 18.6. The van der Waals surface area contributed by atoms with Crippen molar-refractivity contribution in [1.29, 1.82) is 0 Å². The maximum absolute atomic E-state index is 12.5. The number of nitrogens with zero attached hydrogens (tertiary/aromatic N) is 4. The molecule has 2 aromatic heterocycles. The first kappa shape index (κ1) is 17.6. The SMILES string of the molecule is Cc1cc(NC(=O)C2CCN(c3cc(-c4ccccc4)ncn3)CC2)sn1. The van der Waals surface area contributed by atoms with Gasteiger partial charge in [-0.3, -0.25) is 4.79 Å². The molecule has 6 nitrogen and oxygen atoms in total. The molecule has 0 aliphatic carbocycles. The van der Waals surface area contributed by atoms with Crippen molar-refractivity contribution >= 4 is 28.3 Å². The van der Waals surface area contributed by atoms with E-state index in [0.717, 1.165) is 53.7 Å². The van der Waals surface area contributed by atoms with Crippen LogP contribution in [0, 0.1) is 12.8 Å². The van der Waals surface area contributed by atoms with Crippen molar-refractivity contribution < 1.29 is 4.79 Å². The third-order valence-electron chi connectivity index (χ3n) is 4.79. The Labute approximate surface area is 162 Å². The zero-order valence-corrected chi connectivity index (χ0v) is 15.9. The van der Waals surface area contributed by atoms with Crippen LogP contribution in [0.15, 0.2) is 48.8 Å². The number of carbonyl (C=O) groups is 1. The summed E-state index contributed by atoms with van der Waals surface area (Å²) in [5, 5.41) is 3.81. The van der Waals surface area contributed by atoms with Crippen LogP contribution in [0.4, 0.5) is 10.8 Å². The molecule has 1 amide bonds. The van der Waals surface area contributed by atoms with Crippen molar-refractivity contribution in [2.75, 3.05) is 23.3 Å². The molecular weight excluding hydrogens is 358 g/mol. The second-order valence-electron chi connectivity index (χ2n) is 6.71. The molecule has 0 atom stereocenters. The van der Waals surface area contributed by atoms with Gasteiger partial charge in [0.25, 0.3) is 0 Å². The molecule has 1 aromatic carbocycles. The number of rotatable bonds is 4. The molecule has 1 aliphatic rings. The largest absolute Gasteiger partial charge is 0.356 e. The summed E-state index contributed by atoms with van der Waals surface area (Å²) in [5.74, 6) is 1.03. The predicted octanol–water partition coefficient (Wildman–Crippen LogP) is 3.76. The minimum Gasteiger partial charge on any atom is -0.356 e. The van der Waals surface area contributed by atoms with Crippen LogP contribution in [0.5, 0.6) is 0 Å². The van der Waals surface area contributed by atoms with Gasteiger partial charge in [0.15, 0.2) is 0 Å². The van der Waals surface area contributed by atoms with Gasteiger partial charge in [-0.1, -0.05) is 30.3 Å². The summed E-state index contributed by atoms with van der Waals surface area (Å²) in [6.07, 6.45) is 3.24. The van der Waals surface area contributed by atoms with Crippen molar-refractivity contribution in [3.63, 3.8) is 0 Å². The van der Waals surface area contributed by atoms with Crippen LogP contribution in [0.2, 0.25) is 0 Å². The number of aryl methyl sites for hydroxylation is 1. The lowest BCUT2D eigenvalue weighted by atomic mass is 9.96. The fourth-order valence-electron chi connectivity index (χ4n) is 3.30. The van der Waals surface area contributed by atoms with E-state index in [2.05, 4.69) is 24.6 Å². The molecule has 0 saturated carbocycles. The molecule has 0 spiro atoms. The monoisotopic (exact) mass is 379 g/mol. The van der Waals surface area contributed by atoms with E-state index in [4.69, 9.17) is 0 Å². The first-order valence-electron chi connectivity index (χ1n) is 9.05. The number of hydrogen-bond donors (Lipinski definition) is 1. The summed E-state index contributed by atoms with van der Waals surface area (Å²) < 4.78 is 4.20. The van der Waals surface area contributed by atoms with Gasteiger partial charge < -0.3 is 10.2 Å². The summed E-state index contributed by atoms with van der Waals surface area (Å²) in [4.78, 5) is 23.5. The number of nitrogens with one attached hydrogen (secondary N) is 1. The summed E-state index contributed by atoms with van der Waals surface area (Å²) in [6, 6.07) is 14.0. The molecule has 27 heavy (non-hydrogen) atoms. The lowest BCUT2D eigenvalue weighted by molar-refractivity contribution is -0.120.